The van der Waals surface area contributed by atoms with Crippen molar-refractivity contribution in [2.45, 2.75) is 47.0 Å². The average Bonchev–Trinajstić information content (AvgIpc) is 3.27. The summed E-state index contributed by atoms with van der Waals surface area (Å²) in [4.78, 5) is 4.50. The van der Waals surface area contributed by atoms with Gasteiger partial charge in [-0.2, -0.15) is 0 Å². The van der Waals surface area contributed by atoms with Gasteiger partial charge in [0.2, 0.25) is 0 Å². The van der Waals surface area contributed by atoms with Crippen LogP contribution in [0.15, 0.2) is 88.3 Å². The van der Waals surface area contributed by atoms with Crippen molar-refractivity contribution in [3.8, 4) is 5.75 Å². The molecule has 0 bridgehead atoms. The second-order valence-corrected chi connectivity index (χ2v) is 7.13. The number of nitrogens with two attached hydrogens (primary N) is 1. The van der Waals surface area contributed by atoms with Gasteiger partial charge in [-0.15, -0.1) is 0 Å². The van der Waals surface area contributed by atoms with Crippen LogP contribution < -0.4 is 15.8 Å². The summed E-state index contributed by atoms with van der Waals surface area (Å²) < 4.78 is 11.0. The quantitative estimate of drug-likeness (QED) is 0.203. The van der Waals surface area contributed by atoms with E-state index >= 15 is 0 Å². The van der Waals surface area contributed by atoms with Gasteiger partial charge < -0.3 is 20.2 Å². The van der Waals surface area contributed by atoms with Crippen molar-refractivity contribution in [1.29, 1.82) is 0 Å². The van der Waals surface area contributed by atoms with E-state index in [1.807, 2.05) is 62.4 Å². The second kappa shape index (κ2) is 15.6. The van der Waals surface area contributed by atoms with Gasteiger partial charge in [-0.3, -0.25) is 4.99 Å². The van der Waals surface area contributed by atoms with Gasteiger partial charge >= 0.3 is 0 Å². The molecule has 5 heteroatoms. The standard InChI is InChI=1S/C21H25N3O2.C5H12/c1-16(20-10-7-12-26-20)14-18(3)24-21(15-17(2)22)23-11-13-25-19-8-5-4-6-9-19;1-3-5-4-2/h4-10,12,14-15H,3,11,13,22H2,1-2H3,(H,23,24);3-5H2,1-2H3/b16-14+,17-15-;. The maximum atomic E-state index is 5.79. The Labute approximate surface area is 187 Å². The summed E-state index contributed by atoms with van der Waals surface area (Å²) in [6.45, 7) is 13.2. The number of hydrogen-bond donors (Lipinski definition) is 2. The lowest BCUT2D eigenvalue weighted by Gasteiger charge is -2.09. The highest BCUT2D eigenvalue weighted by molar-refractivity contribution is 5.95. The van der Waals surface area contributed by atoms with E-state index in [0.29, 0.717) is 30.4 Å². The summed E-state index contributed by atoms with van der Waals surface area (Å²) in [6, 6.07) is 13.4. The normalized spacial score (nSPS) is 12.1. The van der Waals surface area contributed by atoms with E-state index in [-0.39, 0.29) is 0 Å². The predicted molar refractivity (Wildman–Crippen MR) is 132 cm³/mol. The molecule has 1 heterocycles. The molecule has 0 aliphatic rings. The fourth-order valence-electron chi connectivity index (χ4n) is 2.57. The zero-order valence-electron chi connectivity index (χ0n) is 19.4. The fraction of sp³-hybridized carbons (Fsp3) is 0.346. The first-order chi connectivity index (χ1) is 15.0. The predicted octanol–water partition coefficient (Wildman–Crippen LogP) is 6.32. The molecule has 0 aliphatic heterocycles. The van der Waals surface area contributed by atoms with Crippen molar-refractivity contribution in [3.05, 3.63) is 84.6 Å². The maximum absolute atomic E-state index is 5.79. The van der Waals surface area contributed by atoms with Crippen LogP contribution in [0.2, 0.25) is 0 Å². The van der Waals surface area contributed by atoms with Crippen LogP contribution in [-0.4, -0.2) is 19.0 Å². The SMILES string of the molecule is C=C(/C=C(\C)c1ccco1)NC(/C=C(/C)N)=NCCOc1ccccc1.CCCCC. The lowest BCUT2D eigenvalue weighted by Crippen LogP contribution is -2.22. The molecule has 2 rings (SSSR count). The van der Waals surface area contributed by atoms with E-state index < -0.39 is 0 Å². The summed E-state index contributed by atoms with van der Waals surface area (Å²) in [5.74, 6) is 2.26. The molecule has 31 heavy (non-hydrogen) atoms. The Hall–Kier alpha value is -3.21. The van der Waals surface area contributed by atoms with Gasteiger partial charge in [0.25, 0.3) is 0 Å². The zero-order valence-corrected chi connectivity index (χ0v) is 19.4. The third kappa shape index (κ3) is 12.2. The third-order valence-electron chi connectivity index (χ3n) is 4.05. The number of rotatable bonds is 10. The van der Waals surface area contributed by atoms with E-state index in [0.717, 1.165) is 17.1 Å². The lowest BCUT2D eigenvalue weighted by molar-refractivity contribution is 0.328. The molecule has 1 aromatic heterocycles. The van der Waals surface area contributed by atoms with Gasteiger partial charge in [0, 0.05) is 11.4 Å². The molecule has 0 fully saturated rings. The van der Waals surface area contributed by atoms with Crippen LogP contribution in [0.25, 0.3) is 5.57 Å². The molecule has 0 saturated carbocycles. The highest BCUT2D eigenvalue weighted by Crippen LogP contribution is 2.15. The lowest BCUT2D eigenvalue weighted by atomic mass is 10.2. The van der Waals surface area contributed by atoms with Gasteiger partial charge in [0.1, 0.15) is 24.0 Å². The monoisotopic (exact) mass is 423 g/mol. The summed E-state index contributed by atoms with van der Waals surface area (Å²) in [6.07, 6.45) is 9.38. The number of nitrogens with one attached hydrogen (secondary N) is 1. The number of nitrogens with zero attached hydrogens (tertiary/aromatic N) is 1. The summed E-state index contributed by atoms with van der Waals surface area (Å²) in [5, 5.41) is 3.17. The van der Waals surface area contributed by atoms with Crippen LogP contribution in [0.5, 0.6) is 5.75 Å². The van der Waals surface area contributed by atoms with E-state index in [1.165, 1.54) is 19.3 Å². The fourth-order valence-corrected chi connectivity index (χ4v) is 2.57. The van der Waals surface area contributed by atoms with E-state index in [1.54, 1.807) is 12.3 Å². The van der Waals surface area contributed by atoms with Crippen LogP contribution in [0.3, 0.4) is 0 Å². The van der Waals surface area contributed by atoms with Crippen LogP contribution in [0.1, 0.15) is 52.7 Å². The highest BCUT2D eigenvalue weighted by atomic mass is 16.5. The number of ether oxygens (including phenoxy) is 1. The van der Waals surface area contributed by atoms with Crippen LogP contribution >= 0.6 is 0 Å². The number of aliphatic imine (C=N–C) groups is 1. The van der Waals surface area contributed by atoms with Gasteiger partial charge in [0.15, 0.2) is 0 Å². The van der Waals surface area contributed by atoms with Gasteiger partial charge in [-0.05, 0) is 55.8 Å². The van der Waals surface area contributed by atoms with Crippen molar-refractivity contribution in [2.75, 3.05) is 13.2 Å². The number of amidine groups is 1. The Morgan fingerprint density at radius 2 is 1.81 bits per heavy atom. The third-order valence-corrected chi connectivity index (χ3v) is 4.05. The number of allylic oxidation sites excluding steroid dienone is 3. The second-order valence-electron chi connectivity index (χ2n) is 7.13. The van der Waals surface area contributed by atoms with Gasteiger partial charge in [-0.1, -0.05) is 57.9 Å². The van der Waals surface area contributed by atoms with Crippen molar-refractivity contribution >= 4 is 11.4 Å². The Kier molecular flexibility index (Phi) is 13.0. The van der Waals surface area contributed by atoms with Gasteiger partial charge in [-0.25, -0.2) is 0 Å². The first-order valence-corrected chi connectivity index (χ1v) is 10.8. The average molecular weight is 424 g/mol. The Balaban J connectivity index is 0.000000861. The Morgan fingerprint density at radius 1 is 1.10 bits per heavy atom. The highest BCUT2D eigenvalue weighted by Gasteiger charge is 2.01. The molecule has 0 unspecified atom stereocenters. The van der Waals surface area contributed by atoms with Crippen molar-refractivity contribution in [1.82, 2.24) is 5.32 Å². The smallest absolute Gasteiger partial charge is 0.129 e. The minimum atomic E-state index is 0.473. The molecule has 0 spiro atoms. The molecule has 0 radical (unpaired) electrons. The van der Waals surface area contributed by atoms with E-state index in [4.69, 9.17) is 14.9 Å². The summed E-state index contributed by atoms with van der Waals surface area (Å²) in [5.41, 5.74) is 8.10. The van der Waals surface area contributed by atoms with Crippen molar-refractivity contribution in [2.24, 2.45) is 10.7 Å². The molecule has 2 aromatic rings. The topological polar surface area (TPSA) is 72.8 Å². The Bertz CT molecular complexity index is 829. The number of unbranched alkanes of at least 4 members (excludes halogenated alkanes) is 2. The molecule has 0 aliphatic carbocycles. The molecule has 0 atom stereocenters. The minimum absolute atomic E-state index is 0.473. The molecule has 1 aromatic carbocycles. The minimum Gasteiger partial charge on any atom is -0.492 e. The van der Waals surface area contributed by atoms with Gasteiger partial charge in [0.05, 0.1) is 12.8 Å². The van der Waals surface area contributed by atoms with Crippen LogP contribution in [0.4, 0.5) is 0 Å². The number of hydrogen-bond acceptors (Lipinski definition) is 4. The maximum Gasteiger partial charge on any atom is 0.129 e. The molecule has 5 nitrogen and oxygen atoms in total. The molecule has 3 N–H and O–H groups in total. The van der Waals surface area contributed by atoms with Crippen LogP contribution in [0, 0.1) is 0 Å². The van der Waals surface area contributed by atoms with Crippen LogP contribution in [-0.2, 0) is 0 Å². The number of para-hydroxylation sites is 1. The molecule has 0 amide bonds. The summed E-state index contributed by atoms with van der Waals surface area (Å²) >= 11 is 0. The number of furan rings is 1. The largest absolute Gasteiger partial charge is 0.492 e. The molecule has 0 saturated heterocycles. The zero-order chi connectivity index (χ0) is 22.9. The Morgan fingerprint density at radius 3 is 2.35 bits per heavy atom. The van der Waals surface area contributed by atoms with E-state index in [2.05, 4.69) is 30.7 Å². The molecule has 168 valence electrons. The molecular weight excluding hydrogens is 386 g/mol. The summed E-state index contributed by atoms with van der Waals surface area (Å²) in [7, 11) is 0. The van der Waals surface area contributed by atoms with E-state index in [9.17, 15) is 0 Å². The van der Waals surface area contributed by atoms with Crippen molar-refractivity contribution < 1.29 is 9.15 Å². The first-order valence-electron chi connectivity index (χ1n) is 10.8. The van der Waals surface area contributed by atoms with Crippen molar-refractivity contribution in [3.63, 3.8) is 0 Å². The first kappa shape index (κ1) is 25.8. The molecular formula is C26H37N3O2. The number of benzene rings is 1.